The highest BCUT2D eigenvalue weighted by Crippen LogP contribution is 2.25. The second kappa shape index (κ2) is 7.87. The van der Waals surface area contributed by atoms with Gasteiger partial charge >= 0.3 is 5.97 Å². The number of ether oxygens (including phenoxy) is 1. The van der Waals surface area contributed by atoms with E-state index < -0.39 is 5.97 Å². The average molecular weight is 332 g/mol. The second-order valence-corrected chi connectivity index (χ2v) is 6.24. The van der Waals surface area contributed by atoms with Gasteiger partial charge in [0, 0.05) is 10.9 Å². The molecule has 0 saturated heterocycles. The molecule has 0 aliphatic carbocycles. The zero-order valence-electron chi connectivity index (χ0n) is 13.4. The zero-order chi connectivity index (χ0) is 16.8. The molecular formula is C17H20N2O3S. The highest BCUT2D eigenvalue weighted by Gasteiger charge is 2.23. The van der Waals surface area contributed by atoms with Gasteiger partial charge < -0.3 is 10.1 Å². The van der Waals surface area contributed by atoms with E-state index in [1.54, 1.807) is 24.4 Å². The molecule has 1 atom stereocenters. The fourth-order valence-electron chi connectivity index (χ4n) is 2.06. The van der Waals surface area contributed by atoms with Crippen molar-refractivity contribution in [2.24, 2.45) is 5.92 Å². The predicted molar refractivity (Wildman–Crippen MR) is 89.6 cm³/mol. The van der Waals surface area contributed by atoms with Gasteiger partial charge in [0.1, 0.15) is 5.01 Å². The number of aromatic nitrogens is 1. The summed E-state index contributed by atoms with van der Waals surface area (Å²) in [5.74, 6) is -0.451. The van der Waals surface area contributed by atoms with Crippen LogP contribution in [0, 0.1) is 5.92 Å². The van der Waals surface area contributed by atoms with Crippen LogP contribution in [0.3, 0.4) is 0 Å². The molecule has 1 N–H and O–H groups in total. The number of nitrogens with zero attached hydrogens (tertiary/aromatic N) is 1. The minimum atomic E-state index is -0.438. The maximum absolute atomic E-state index is 12.4. The maximum atomic E-state index is 12.4. The van der Waals surface area contributed by atoms with Crippen molar-refractivity contribution >= 4 is 23.2 Å². The molecule has 122 valence electrons. The van der Waals surface area contributed by atoms with Crippen LogP contribution in [0.25, 0.3) is 0 Å². The third kappa shape index (κ3) is 4.39. The largest absolute Gasteiger partial charge is 0.461 e. The predicted octanol–water partition coefficient (Wildman–Crippen LogP) is 3.45. The van der Waals surface area contributed by atoms with E-state index in [1.165, 1.54) is 11.3 Å². The molecule has 0 fully saturated rings. The average Bonchev–Trinajstić information content (AvgIpc) is 3.03. The zero-order valence-corrected chi connectivity index (χ0v) is 14.2. The summed E-state index contributed by atoms with van der Waals surface area (Å²) in [5, 5.41) is 5.36. The van der Waals surface area contributed by atoms with Gasteiger partial charge in [0.25, 0.3) is 5.91 Å². The Morgan fingerprint density at radius 3 is 2.57 bits per heavy atom. The number of carbonyl (C=O) groups excluding carboxylic acids is 2. The van der Waals surface area contributed by atoms with Crippen molar-refractivity contribution in [2.75, 3.05) is 6.61 Å². The Morgan fingerprint density at radius 2 is 1.96 bits per heavy atom. The Bertz CT molecular complexity index is 667. The molecule has 23 heavy (non-hydrogen) atoms. The van der Waals surface area contributed by atoms with Crippen molar-refractivity contribution in [3.63, 3.8) is 0 Å². The van der Waals surface area contributed by atoms with E-state index in [-0.39, 0.29) is 23.6 Å². The molecule has 6 heteroatoms. The molecule has 0 unspecified atom stereocenters. The molecule has 1 aromatic heterocycles. The number of rotatable bonds is 6. The molecule has 0 spiro atoms. The molecule has 0 aliphatic heterocycles. The monoisotopic (exact) mass is 332 g/mol. The van der Waals surface area contributed by atoms with Gasteiger partial charge in [-0.05, 0) is 25.0 Å². The van der Waals surface area contributed by atoms with Crippen molar-refractivity contribution in [1.82, 2.24) is 10.3 Å². The number of thiazole rings is 1. The first-order valence-corrected chi connectivity index (χ1v) is 8.39. The Labute approximate surface area is 139 Å². The van der Waals surface area contributed by atoms with E-state index in [4.69, 9.17) is 4.74 Å². The van der Waals surface area contributed by atoms with Crippen molar-refractivity contribution in [3.05, 3.63) is 52.0 Å². The SMILES string of the molecule is CCOC(=O)c1csc([C@@H](NC(=O)c2ccccc2)C(C)C)n1. The summed E-state index contributed by atoms with van der Waals surface area (Å²) in [6.45, 7) is 6.06. The van der Waals surface area contributed by atoms with Crippen LogP contribution in [0.4, 0.5) is 0 Å². The fraction of sp³-hybridized carbons (Fsp3) is 0.353. The lowest BCUT2D eigenvalue weighted by atomic mass is 10.0. The van der Waals surface area contributed by atoms with Crippen molar-refractivity contribution in [1.29, 1.82) is 0 Å². The standard InChI is InChI=1S/C17H20N2O3S/c1-4-22-17(21)13-10-23-16(18-13)14(11(2)3)19-15(20)12-8-6-5-7-9-12/h5-11,14H,4H2,1-3H3,(H,19,20)/t14-/m0/s1. The highest BCUT2D eigenvalue weighted by molar-refractivity contribution is 7.09. The van der Waals surface area contributed by atoms with Gasteiger partial charge in [-0.25, -0.2) is 9.78 Å². The molecule has 2 aromatic rings. The van der Waals surface area contributed by atoms with Crippen LogP contribution < -0.4 is 5.32 Å². The summed E-state index contributed by atoms with van der Waals surface area (Å²) >= 11 is 1.35. The van der Waals surface area contributed by atoms with E-state index in [0.717, 1.165) is 0 Å². The number of amides is 1. The molecule has 1 amide bonds. The summed E-state index contributed by atoms with van der Waals surface area (Å²) in [5.41, 5.74) is 0.881. The number of benzene rings is 1. The molecule has 2 rings (SSSR count). The molecular weight excluding hydrogens is 312 g/mol. The minimum Gasteiger partial charge on any atom is -0.461 e. The summed E-state index contributed by atoms with van der Waals surface area (Å²) in [7, 11) is 0. The van der Waals surface area contributed by atoms with Gasteiger partial charge in [0.05, 0.1) is 12.6 Å². The number of esters is 1. The van der Waals surface area contributed by atoms with Gasteiger partial charge in [0.2, 0.25) is 0 Å². The summed E-state index contributed by atoms with van der Waals surface area (Å²) < 4.78 is 4.95. The van der Waals surface area contributed by atoms with Gasteiger partial charge in [-0.3, -0.25) is 4.79 Å². The molecule has 0 saturated carbocycles. The van der Waals surface area contributed by atoms with Crippen LogP contribution >= 0.6 is 11.3 Å². The lowest BCUT2D eigenvalue weighted by molar-refractivity contribution is 0.0520. The van der Waals surface area contributed by atoms with E-state index in [0.29, 0.717) is 17.2 Å². The number of carbonyl (C=O) groups is 2. The first kappa shape index (κ1) is 17.1. The third-order valence-electron chi connectivity index (χ3n) is 3.26. The minimum absolute atomic E-state index is 0.142. The van der Waals surface area contributed by atoms with Crippen LogP contribution in [-0.2, 0) is 4.74 Å². The van der Waals surface area contributed by atoms with Crippen LogP contribution in [-0.4, -0.2) is 23.5 Å². The first-order valence-electron chi connectivity index (χ1n) is 7.51. The normalized spacial score (nSPS) is 12.0. The van der Waals surface area contributed by atoms with Crippen LogP contribution in [0.1, 0.15) is 52.7 Å². The molecule has 1 aromatic carbocycles. The van der Waals surface area contributed by atoms with Gasteiger partial charge in [-0.2, -0.15) is 0 Å². The Balaban J connectivity index is 2.16. The smallest absolute Gasteiger partial charge is 0.357 e. The molecule has 5 nitrogen and oxygen atoms in total. The lowest BCUT2D eigenvalue weighted by Crippen LogP contribution is -2.31. The van der Waals surface area contributed by atoms with Crippen molar-refractivity contribution < 1.29 is 14.3 Å². The molecule has 0 radical (unpaired) electrons. The Kier molecular flexibility index (Phi) is 5.87. The van der Waals surface area contributed by atoms with Crippen LogP contribution in [0.5, 0.6) is 0 Å². The van der Waals surface area contributed by atoms with E-state index in [2.05, 4.69) is 10.3 Å². The fourth-order valence-corrected chi connectivity index (χ4v) is 3.07. The third-order valence-corrected chi connectivity index (χ3v) is 4.19. The highest BCUT2D eigenvalue weighted by atomic mass is 32.1. The van der Waals surface area contributed by atoms with Crippen LogP contribution in [0.2, 0.25) is 0 Å². The second-order valence-electron chi connectivity index (χ2n) is 5.35. The van der Waals surface area contributed by atoms with Crippen LogP contribution in [0.15, 0.2) is 35.7 Å². The van der Waals surface area contributed by atoms with Crippen molar-refractivity contribution in [2.45, 2.75) is 26.8 Å². The molecule has 0 bridgehead atoms. The van der Waals surface area contributed by atoms with E-state index in [9.17, 15) is 9.59 Å². The number of hydrogen-bond acceptors (Lipinski definition) is 5. The van der Waals surface area contributed by atoms with Gasteiger partial charge in [-0.15, -0.1) is 11.3 Å². The van der Waals surface area contributed by atoms with Gasteiger partial charge in [0.15, 0.2) is 5.69 Å². The Morgan fingerprint density at radius 1 is 1.26 bits per heavy atom. The summed E-state index contributed by atoms with van der Waals surface area (Å²) in [4.78, 5) is 28.4. The van der Waals surface area contributed by atoms with Crippen molar-refractivity contribution in [3.8, 4) is 0 Å². The first-order chi connectivity index (χ1) is 11.0. The Hall–Kier alpha value is -2.21. The maximum Gasteiger partial charge on any atom is 0.357 e. The molecule has 0 aliphatic rings. The number of hydrogen-bond donors (Lipinski definition) is 1. The van der Waals surface area contributed by atoms with Gasteiger partial charge in [-0.1, -0.05) is 32.0 Å². The summed E-state index contributed by atoms with van der Waals surface area (Å²) in [6.07, 6.45) is 0. The van der Waals surface area contributed by atoms with E-state index in [1.807, 2.05) is 32.0 Å². The lowest BCUT2D eigenvalue weighted by Gasteiger charge is -2.20. The topological polar surface area (TPSA) is 68.3 Å². The van der Waals surface area contributed by atoms with E-state index >= 15 is 0 Å². The molecule has 1 heterocycles. The number of nitrogens with one attached hydrogen (secondary N) is 1. The quantitative estimate of drug-likeness (QED) is 0.823. The summed E-state index contributed by atoms with van der Waals surface area (Å²) in [6, 6.07) is 8.78.